The number of halogens is 1. The zero-order chi connectivity index (χ0) is 10.6. The van der Waals surface area contributed by atoms with Gasteiger partial charge in [-0.3, -0.25) is 4.90 Å². The van der Waals surface area contributed by atoms with Crippen molar-refractivity contribution >= 4 is 0 Å². The second-order valence-corrected chi connectivity index (χ2v) is 3.59. The van der Waals surface area contributed by atoms with Gasteiger partial charge in [0.25, 0.3) is 0 Å². The fraction of sp³-hybridized carbons (Fsp3) is 0.455. The van der Waals surface area contributed by atoms with E-state index in [9.17, 15) is 4.39 Å². The van der Waals surface area contributed by atoms with E-state index in [1.807, 2.05) is 24.9 Å². The molecule has 0 fully saturated rings. The highest BCUT2D eigenvalue weighted by Gasteiger charge is 2.09. The molecule has 1 aromatic carbocycles. The third kappa shape index (κ3) is 2.79. The molecule has 1 unspecified atom stereocenters. The van der Waals surface area contributed by atoms with Gasteiger partial charge >= 0.3 is 0 Å². The van der Waals surface area contributed by atoms with E-state index in [1.165, 1.54) is 6.07 Å². The summed E-state index contributed by atoms with van der Waals surface area (Å²) in [5.74, 6) is -0.149. The molecule has 1 rings (SSSR count). The van der Waals surface area contributed by atoms with Crippen LogP contribution in [0, 0.1) is 5.82 Å². The normalized spacial score (nSPS) is 13.2. The molecule has 1 aromatic rings. The van der Waals surface area contributed by atoms with Gasteiger partial charge < -0.3 is 5.73 Å². The predicted molar refractivity (Wildman–Crippen MR) is 56.4 cm³/mol. The van der Waals surface area contributed by atoms with Crippen molar-refractivity contribution in [2.75, 3.05) is 13.6 Å². The zero-order valence-corrected chi connectivity index (χ0v) is 8.70. The van der Waals surface area contributed by atoms with Crippen molar-refractivity contribution in [3.63, 3.8) is 0 Å². The van der Waals surface area contributed by atoms with Gasteiger partial charge in [0.15, 0.2) is 0 Å². The Labute approximate surface area is 84.5 Å². The number of benzene rings is 1. The Morgan fingerprint density at radius 1 is 1.43 bits per heavy atom. The van der Waals surface area contributed by atoms with Crippen LogP contribution in [0.5, 0.6) is 0 Å². The Morgan fingerprint density at radius 2 is 2.07 bits per heavy atom. The number of hydrogen-bond donors (Lipinski definition) is 1. The van der Waals surface area contributed by atoms with Crippen LogP contribution in [0.1, 0.15) is 12.5 Å². The van der Waals surface area contributed by atoms with E-state index in [0.29, 0.717) is 13.1 Å². The molecule has 1 atom stereocenters. The second-order valence-electron chi connectivity index (χ2n) is 3.59. The lowest BCUT2D eigenvalue weighted by Crippen LogP contribution is -2.34. The third-order valence-corrected chi connectivity index (χ3v) is 2.47. The molecule has 0 bridgehead atoms. The molecule has 0 aliphatic heterocycles. The van der Waals surface area contributed by atoms with Crippen LogP contribution in [0.15, 0.2) is 24.3 Å². The Hall–Kier alpha value is -0.930. The predicted octanol–water partition coefficient (Wildman–Crippen LogP) is 1.60. The van der Waals surface area contributed by atoms with Gasteiger partial charge in [-0.1, -0.05) is 18.2 Å². The summed E-state index contributed by atoms with van der Waals surface area (Å²) in [6, 6.07) is 7.10. The summed E-state index contributed by atoms with van der Waals surface area (Å²) in [4.78, 5) is 2.04. The van der Waals surface area contributed by atoms with Crippen LogP contribution in [0.25, 0.3) is 0 Å². The van der Waals surface area contributed by atoms with Gasteiger partial charge in [-0.05, 0) is 20.0 Å². The summed E-state index contributed by atoms with van der Waals surface area (Å²) in [7, 11) is 1.95. The van der Waals surface area contributed by atoms with E-state index in [2.05, 4.69) is 0 Å². The van der Waals surface area contributed by atoms with Crippen molar-refractivity contribution in [2.45, 2.75) is 19.5 Å². The van der Waals surface area contributed by atoms with Gasteiger partial charge in [0.05, 0.1) is 0 Å². The lowest BCUT2D eigenvalue weighted by atomic mass is 10.2. The van der Waals surface area contributed by atoms with Gasteiger partial charge in [0.1, 0.15) is 5.82 Å². The topological polar surface area (TPSA) is 29.3 Å². The van der Waals surface area contributed by atoms with Gasteiger partial charge in [0.2, 0.25) is 0 Å². The molecule has 0 saturated heterocycles. The Kier molecular flexibility index (Phi) is 4.04. The summed E-state index contributed by atoms with van der Waals surface area (Å²) < 4.78 is 13.3. The highest BCUT2D eigenvalue weighted by molar-refractivity contribution is 5.17. The highest BCUT2D eigenvalue weighted by Crippen LogP contribution is 2.10. The SMILES string of the molecule is CC(CN)N(C)Cc1ccccc1F. The molecular weight excluding hydrogens is 179 g/mol. The molecule has 2 N–H and O–H groups in total. The Balaban J connectivity index is 2.64. The minimum absolute atomic E-state index is 0.149. The summed E-state index contributed by atoms with van der Waals surface area (Å²) in [6.07, 6.45) is 0. The Bertz CT molecular complexity index is 288. The van der Waals surface area contributed by atoms with E-state index in [0.717, 1.165) is 5.56 Å². The molecule has 0 saturated carbocycles. The maximum atomic E-state index is 13.3. The van der Waals surface area contributed by atoms with Gasteiger partial charge in [0, 0.05) is 24.7 Å². The molecule has 0 aromatic heterocycles. The van der Waals surface area contributed by atoms with Crippen molar-refractivity contribution in [3.05, 3.63) is 35.6 Å². The number of nitrogens with zero attached hydrogens (tertiary/aromatic N) is 1. The lowest BCUT2D eigenvalue weighted by Gasteiger charge is -2.23. The fourth-order valence-corrected chi connectivity index (χ4v) is 1.23. The van der Waals surface area contributed by atoms with E-state index in [4.69, 9.17) is 5.73 Å². The molecule has 0 spiro atoms. The van der Waals surface area contributed by atoms with E-state index < -0.39 is 0 Å². The van der Waals surface area contributed by atoms with Crippen LogP contribution in [-0.4, -0.2) is 24.5 Å². The molecule has 0 aliphatic carbocycles. The van der Waals surface area contributed by atoms with Crippen LogP contribution >= 0.6 is 0 Å². The first-order valence-electron chi connectivity index (χ1n) is 4.79. The van der Waals surface area contributed by atoms with Crippen LogP contribution in [0.3, 0.4) is 0 Å². The van der Waals surface area contributed by atoms with Crippen molar-refractivity contribution in [2.24, 2.45) is 5.73 Å². The summed E-state index contributed by atoms with van der Waals surface area (Å²) in [5.41, 5.74) is 6.25. The van der Waals surface area contributed by atoms with E-state index >= 15 is 0 Å². The lowest BCUT2D eigenvalue weighted by molar-refractivity contribution is 0.251. The summed E-state index contributed by atoms with van der Waals surface area (Å²) in [6.45, 7) is 3.22. The zero-order valence-electron chi connectivity index (χ0n) is 8.70. The monoisotopic (exact) mass is 196 g/mol. The first-order valence-corrected chi connectivity index (χ1v) is 4.79. The van der Waals surface area contributed by atoms with Crippen LogP contribution in [-0.2, 0) is 6.54 Å². The van der Waals surface area contributed by atoms with E-state index in [1.54, 1.807) is 12.1 Å². The van der Waals surface area contributed by atoms with Gasteiger partial charge in [-0.15, -0.1) is 0 Å². The number of nitrogens with two attached hydrogens (primary N) is 1. The van der Waals surface area contributed by atoms with Gasteiger partial charge in [-0.2, -0.15) is 0 Å². The van der Waals surface area contributed by atoms with Crippen LogP contribution in [0.4, 0.5) is 4.39 Å². The molecular formula is C11H17FN2. The molecule has 0 radical (unpaired) electrons. The van der Waals surface area contributed by atoms with Crippen molar-refractivity contribution in [3.8, 4) is 0 Å². The van der Waals surface area contributed by atoms with Crippen LogP contribution < -0.4 is 5.73 Å². The fourth-order valence-electron chi connectivity index (χ4n) is 1.23. The molecule has 3 heteroatoms. The number of rotatable bonds is 4. The second kappa shape index (κ2) is 5.08. The smallest absolute Gasteiger partial charge is 0.127 e. The quantitative estimate of drug-likeness (QED) is 0.792. The van der Waals surface area contributed by atoms with Crippen LogP contribution in [0.2, 0.25) is 0 Å². The third-order valence-electron chi connectivity index (χ3n) is 2.47. The first-order chi connectivity index (χ1) is 6.65. The Morgan fingerprint density at radius 3 is 2.64 bits per heavy atom. The number of likely N-dealkylation sites (N-methyl/N-ethyl adjacent to an activating group) is 1. The average molecular weight is 196 g/mol. The van der Waals surface area contributed by atoms with E-state index in [-0.39, 0.29) is 11.9 Å². The molecule has 2 nitrogen and oxygen atoms in total. The molecule has 14 heavy (non-hydrogen) atoms. The largest absolute Gasteiger partial charge is 0.329 e. The molecule has 0 amide bonds. The van der Waals surface area contributed by atoms with Crippen molar-refractivity contribution in [1.29, 1.82) is 0 Å². The summed E-state index contributed by atoms with van der Waals surface area (Å²) >= 11 is 0. The van der Waals surface area contributed by atoms with Crippen molar-refractivity contribution in [1.82, 2.24) is 4.90 Å². The average Bonchev–Trinajstić information content (AvgIpc) is 2.20. The van der Waals surface area contributed by atoms with Crippen molar-refractivity contribution < 1.29 is 4.39 Å². The maximum Gasteiger partial charge on any atom is 0.127 e. The maximum absolute atomic E-state index is 13.3. The minimum atomic E-state index is -0.149. The molecule has 0 heterocycles. The summed E-state index contributed by atoms with van der Waals surface area (Å²) in [5, 5.41) is 0. The molecule has 78 valence electrons. The van der Waals surface area contributed by atoms with Gasteiger partial charge in [-0.25, -0.2) is 4.39 Å². The molecule has 0 aliphatic rings. The standard InChI is InChI=1S/C11H17FN2/c1-9(7-13)14(2)8-10-5-3-4-6-11(10)12/h3-6,9H,7-8,13H2,1-2H3. The minimum Gasteiger partial charge on any atom is -0.329 e. The first kappa shape index (κ1) is 11.1. The number of hydrogen-bond acceptors (Lipinski definition) is 2. The highest BCUT2D eigenvalue weighted by atomic mass is 19.1.